The molecule has 8 heteroatoms. The fraction of sp³-hybridized carbons (Fsp3) is 0.500. The summed E-state index contributed by atoms with van der Waals surface area (Å²) in [5.41, 5.74) is 2.81. The number of Topliss-reactive ketones (excluding diaryl/α,β-unsaturated/α-hetero) is 1. The number of rotatable bonds is 9. The molecule has 0 saturated carbocycles. The van der Waals surface area contributed by atoms with Crippen LogP contribution < -0.4 is 11.3 Å². The summed E-state index contributed by atoms with van der Waals surface area (Å²) in [6.07, 6.45) is 2.56. The van der Waals surface area contributed by atoms with Crippen LogP contribution in [0.2, 0.25) is 10.0 Å². The maximum Gasteiger partial charge on any atom is 0.303 e. The van der Waals surface area contributed by atoms with Crippen molar-refractivity contribution in [1.82, 2.24) is 5.43 Å². The topological polar surface area (TPSA) is 113 Å². The molecule has 0 amide bonds. The first-order chi connectivity index (χ1) is 11.3. The van der Waals surface area contributed by atoms with Crippen LogP contribution in [0.25, 0.3) is 0 Å². The fourth-order valence-corrected chi connectivity index (χ4v) is 2.01. The van der Waals surface area contributed by atoms with Gasteiger partial charge in [-0.3, -0.25) is 20.9 Å². The number of hydrazine groups is 1. The average molecular weight is 379 g/mol. The zero-order chi connectivity index (χ0) is 18.5. The molecular weight excluding hydrogens is 355 g/mol. The van der Waals surface area contributed by atoms with Gasteiger partial charge in [0.05, 0.1) is 22.6 Å². The lowest BCUT2D eigenvalue weighted by Gasteiger charge is -2.06. The van der Waals surface area contributed by atoms with E-state index in [1.54, 1.807) is 0 Å². The van der Waals surface area contributed by atoms with E-state index in [4.69, 9.17) is 39.3 Å². The Morgan fingerprint density at radius 2 is 1.92 bits per heavy atom. The van der Waals surface area contributed by atoms with E-state index in [0.29, 0.717) is 17.1 Å². The first kappa shape index (κ1) is 22.8. The molecule has 1 aromatic rings. The smallest absolute Gasteiger partial charge is 0.303 e. The summed E-state index contributed by atoms with van der Waals surface area (Å²) in [5, 5.41) is 18.1. The normalized spacial score (nSPS) is 11.4. The van der Waals surface area contributed by atoms with Gasteiger partial charge >= 0.3 is 5.97 Å². The van der Waals surface area contributed by atoms with Crippen molar-refractivity contribution >= 4 is 35.0 Å². The van der Waals surface area contributed by atoms with Gasteiger partial charge in [0, 0.05) is 18.5 Å². The van der Waals surface area contributed by atoms with Crippen LogP contribution >= 0.6 is 23.2 Å². The number of aliphatic hydroxyl groups excluding tert-OH is 1. The number of carboxylic acids is 1. The lowest BCUT2D eigenvalue weighted by Crippen LogP contribution is -2.31. The van der Waals surface area contributed by atoms with E-state index in [9.17, 15) is 9.59 Å². The van der Waals surface area contributed by atoms with Crippen LogP contribution in [-0.4, -0.2) is 34.6 Å². The molecule has 0 aromatic heterocycles. The Bertz CT molecular complexity index is 527. The van der Waals surface area contributed by atoms with Gasteiger partial charge in [-0.25, -0.2) is 0 Å². The molecule has 0 spiro atoms. The third-order valence-corrected chi connectivity index (χ3v) is 3.79. The summed E-state index contributed by atoms with van der Waals surface area (Å²) in [6, 6.07) is 4.48. The molecule has 1 rings (SSSR count). The number of ketones is 1. The quantitative estimate of drug-likeness (QED) is 0.298. The minimum absolute atomic E-state index is 0.0344. The lowest BCUT2D eigenvalue weighted by atomic mass is 10.1. The van der Waals surface area contributed by atoms with Crippen molar-refractivity contribution in [3.8, 4) is 0 Å². The molecule has 0 aliphatic carbocycles. The van der Waals surface area contributed by atoms with Crippen molar-refractivity contribution in [3.05, 3.63) is 33.8 Å². The number of halogens is 2. The summed E-state index contributed by atoms with van der Waals surface area (Å²) < 4.78 is 0. The third kappa shape index (κ3) is 10.6. The van der Waals surface area contributed by atoms with E-state index in [1.165, 1.54) is 18.2 Å². The summed E-state index contributed by atoms with van der Waals surface area (Å²) >= 11 is 11.4. The van der Waals surface area contributed by atoms with Gasteiger partial charge in [-0.2, -0.15) is 0 Å². The number of nitrogens with two attached hydrogens (primary N) is 1. The van der Waals surface area contributed by atoms with Crippen molar-refractivity contribution in [2.45, 2.75) is 45.1 Å². The summed E-state index contributed by atoms with van der Waals surface area (Å²) in [7, 11) is 0. The molecule has 0 aliphatic heterocycles. The van der Waals surface area contributed by atoms with Crippen molar-refractivity contribution < 1.29 is 19.8 Å². The molecular formula is C16H24Cl2N2O4. The monoisotopic (exact) mass is 378 g/mol. The molecule has 0 heterocycles. The Balaban J connectivity index is 0.000000506. The molecule has 1 atom stereocenters. The van der Waals surface area contributed by atoms with Crippen molar-refractivity contribution in [2.75, 3.05) is 6.54 Å². The molecule has 0 fully saturated rings. The first-order valence-electron chi connectivity index (χ1n) is 7.63. The fourth-order valence-electron chi connectivity index (χ4n) is 1.71. The highest BCUT2D eigenvalue weighted by atomic mass is 35.5. The molecule has 136 valence electrons. The number of hydrogen-bond acceptors (Lipinski definition) is 5. The highest BCUT2D eigenvalue weighted by Crippen LogP contribution is 2.23. The van der Waals surface area contributed by atoms with Crippen LogP contribution in [0.1, 0.15) is 49.4 Å². The number of carbonyl (C=O) groups excluding carboxylic acids is 1. The van der Waals surface area contributed by atoms with Gasteiger partial charge in [-0.15, -0.1) is 0 Å². The summed E-state index contributed by atoms with van der Waals surface area (Å²) in [6.45, 7) is 2.60. The Morgan fingerprint density at radius 1 is 1.25 bits per heavy atom. The molecule has 24 heavy (non-hydrogen) atoms. The predicted molar refractivity (Wildman–Crippen MR) is 95.4 cm³/mol. The number of carbonyl (C=O) groups is 2. The van der Waals surface area contributed by atoms with Crippen LogP contribution in [0.5, 0.6) is 0 Å². The van der Waals surface area contributed by atoms with Gasteiger partial charge in [-0.1, -0.05) is 43.0 Å². The average Bonchev–Trinajstić information content (AvgIpc) is 2.54. The Hall–Kier alpha value is -1.18. The van der Waals surface area contributed by atoms with Crippen LogP contribution in [-0.2, 0) is 4.79 Å². The van der Waals surface area contributed by atoms with Gasteiger partial charge in [0.25, 0.3) is 0 Å². The van der Waals surface area contributed by atoms with Gasteiger partial charge in [0.1, 0.15) is 0 Å². The summed E-state index contributed by atoms with van der Waals surface area (Å²) in [4.78, 5) is 21.7. The Labute approximate surface area is 151 Å². The second-order valence-corrected chi connectivity index (χ2v) is 5.96. The molecule has 1 aromatic carbocycles. The van der Waals surface area contributed by atoms with Crippen LogP contribution in [0, 0.1) is 0 Å². The van der Waals surface area contributed by atoms with Crippen molar-refractivity contribution in [2.24, 2.45) is 5.84 Å². The molecule has 0 aliphatic rings. The van der Waals surface area contributed by atoms with E-state index in [-0.39, 0.29) is 29.8 Å². The molecule has 1 unspecified atom stereocenters. The zero-order valence-electron chi connectivity index (χ0n) is 13.6. The van der Waals surface area contributed by atoms with Crippen LogP contribution in [0.4, 0.5) is 0 Å². The summed E-state index contributed by atoms with van der Waals surface area (Å²) in [5.74, 6) is 3.74. The van der Waals surface area contributed by atoms with Gasteiger partial charge in [0.2, 0.25) is 0 Å². The van der Waals surface area contributed by atoms with Crippen molar-refractivity contribution in [3.63, 3.8) is 0 Å². The highest BCUT2D eigenvalue weighted by Gasteiger charge is 2.09. The van der Waals surface area contributed by atoms with Crippen LogP contribution in [0.15, 0.2) is 18.2 Å². The Morgan fingerprint density at radius 3 is 2.42 bits per heavy atom. The second kappa shape index (κ2) is 13.1. The zero-order valence-corrected chi connectivity index (χ0v) is 15.1. The molecule has 0 saturated heterocycles. The molecule has 6 nitrogen and oxygen atoms in total. The van der Waals surface area contributed by atoms with E-state index < -0.39 is 5.97 Å². The number of hydrogen-bond donors (Lipinski definition) is 4. The third-order valence-electron chi connectivity index (χ3n) is 3.05. The number of aliphatic carboxylic acids is 1. The van der Waals surface area contributed by atoms with E-state index in [0.717, 1.165) is 19.3 Å². The SMILES string of the molecule is CCCCC(O)CNN.O=C(O)CCC(=O)c1ccc(Cl)c(Cl)c1. The maximum atomic E-state index is 11.4. The molecule has 0 radical (unpaired) electrons. The number of benzene rings is 1. The van der Waals surface area contributed by atoms with Gasteiger partial charge in [-0.05, 0) is 24.6 Å². The lowest BCUT2D eigenvalue weighted by molar-refractivity contribution is -0.136. The molecule has 5 N–H and O–H groups in total. The van der Waals surface area contributed by atoms with Crippen molar-refractivity contribution in [1.29, 1.82) is 0 Å². The number of nitrogens with one attached hydrogen (secondary N) is 1. The van der Waals surface area contributed by atoms with Crippen LogP contribution in [0.3, 0.4) is 0 Å². The number of carboxylic acid groups (broad SMARTS) is 1. The van der Waals surface area contributed by atoms with E-state index >= 15 is 0 Å². The van der Waals surface area contributed by atoms with Gasteiger partial charge < -0.3 is 10.2 Å². The standard InChI is InChI=1S/C10H8Cl2O3.C6H16N2O/c11-7-2-1-6(5-8(7)12)9(13)3-4-10(14)15;1-2-3-4-6(9)5-8-7/h1-2,5H,3-4H2,(H,14,15);6,8-9H,2-5,7H2,1H3. The Kier molecular flexibility index (Phi) is 12.5. The highest BCUT2D eigenvalue weighted by molar-refractivity contribution is 6.42. The molecule has 0 bridgehead atoms. The largest absolute Gasteiger partial charge is 0.481 e. The number of unbranched alkanes of at least 4 members (excludes halogenated alkanes) is 1. The first-order valence-corrected chi connectivity index (χ1v) is 8.38. The number of aliphatic hydroxyl groups is 1. The maximum absolute atomic E-state index is 11.4. The minimum Gasteiger partial charge on any atom is -0.481 e. The van der Waals surface area contributed by atoms with E-state index in [2.05, 4.69) is 12.3 Å². The van der Waals surface area contributed by atoms with E-state index in [1.807, 2.05) is 0 Å². The second-order valence-electron chi connectivity index (χ2n) is 5.15. The van der Waals surface area contributed by atoms with Gasteiger partial charge in [0.15, 0.2) is 5.78 Å². The minimum atomic E-state index is -0.997. The predicted octanol–water partition coefficient (Wildman–Crippen LogP) is 3.04.